The Labute approximate surface area is 96.3 Å². The second-order valence-electron chi connectivity index (χ2n) is 3.56. The van der Waals surface area contributed by atoms with Crippen molar-refractivity contribution in [2.75, 3.05) is 18.8 Å². The lowest BCUT2D eigenvalue weighted by Crippen LogP contribution is -2.43. The minimum absolute atomic E-state index is 0.0372. The van der Waals surface area contributed by atoms with Crippen LogP contribution in [0.15, 0.2) is 0 Å². The molecule has 1 N–H and O–H groups in total. The van der Waals surface area contributed by atoms with Crippen LogP contribution in [0, 0.1) is 11.3 Å². The Balaban J connectivity index is 4.54. The van der Waals surface area contributed by atoms with Crippen molar-refractivity contribution in [2.24, 2.45) is 0 Å². The van der Waals surface area contributed by atoms with Crippen molar-refractivity contribution in [3.63, 3.8) is 0 Å². The van der Waals surface area contributed by atoms with Gasteiger partial charge in [0.25, 0.3) is 0 Å². The lowest BCUT2D eigenvalue weighted by Gasteiger charge is -2.19. The van der Waals surface area contributed by atoms with Crippen LogP contribution in [0.5, 0.6) is 0 Å². The van der Waals surface area contributed by atoms with E-state index in [0.717, 1.165) is 4.31 Å². The molecule has 0 saturated carbocycles. The van der Waals surface area contributed by atoms with Gasteiger partial charge < -0.3 is 5.32 Å². The zero-order chi connectivity index (χ0) is 12.8. The Bertz CT molecular complexity index is 370. The fourth-order valence-electron chi connectivity index (χ4n) is 1.11. The van der Waals surface area contributed by atoms with Crippen molar-refractivity contribution in [2.45, 2.75) is 26.8 Å². The number of hydrogen-bond acceptors (Lipinski definition) is 4. The van der Waals surface area contributed by atoms with E-state index in [2.05, 4.69) is 5.32 Å². The average Bonchev–Trinajstić information content (AvgIpc) is 2.12. The zero-order valence-electron chi connectivity index (χ0n) is 9.73. The predicted molar refractivity (Wildman–Crippen MR) is 59.9 cm³/mol. The van der Waals surface area contributed by atoms with Gasteiger partial charge in [0.2, 0.25) is 15.9 Å². The maximum atomic E-state index is 11.5. The molecular weight excluding hydrogens is 230 g/mol. The summed E-state index contributed by atoms with van der Waals surface area (Å²) in [5.74, 6) is -0.964. The van der Waals surface area contributed by atoms with Gasteiger partial charge in [0.1, 0.15) is 0 Å². The highest BCUT2D eigenvalue weighted by molar-refractivity contribution is 7.89. The largest absolute Gasteiger partial charge is 0.353 e. The normalized spacial score (nSPS) is 11.5. The average molecular weight is 247 g/mol. The molecule has 0 atom stereocenters. The highest BCUT2D eigenvalue weighted by Gasteiger charge is 2.22. The van der Waals surface area contributed by atoms with Gasteiger partial charge in [-0.3, -0.25) is 4.79 Å². The van der Waals surface area contributed by atoms with Crippen molar-refractivity contribution in [3.05, 3.63) is 0 Å². The maximum Gasteiger partial charge on any atom is 0.235 e. The number of carbonyl (C=O) groups is 1. The number of likely N-dealkylation sites (N-methyl/N-ethyl adjacent to an activating group) is 1. The Kier molecular flexibility index (Phi) is 6.00. The molecule has 0 aliphatic heterocycles. The van der Waals surface area contributed by atoms with E-state index < -0.39 is 15.8 Å². The number of carbonyl (C=O) groups excluding carboxylic acids is 1. The van der Waals surface area contributed by atoms with E-state index in [1.54, 1.807) is 26.8 Å². The molecular formula is C9H17N3O3S. The Morgan fingerprint density at radius 1 is 1.50 bits per heavy atom. The van der Waals surface area contributed by atoms with Gasteiger partial charge in [-0.15, -0.1) is 0 Å². The predicted octanol–water partition coefficient (Wildman–Crippen LogP) is -0.314. The second kappa shape index (κ2) is 6.45. The van der Waals surface area contributed by atoms with Gasteiger partial charge in [-0.05, 0) is 13.8 Å². The number of rotatable bonds is 6. The lowest BCUT2D eigenvalue weighted by molar-refractivity contribution is -0.121. The van der Waals surface area contributed by atoms with E-state index in [-0.39, 0.29) is 25.0 Å². The third kappa shape index (κ3) is 5.09. The van der Waals surface area contributed by atoms with E-state index in [4.69, 9.17) is 5.26 Å². The number of hydrogen-bond donors (Lipinski definition) is 1. The van der Waals surface area contributed by atoms with Crippen LogP contribution in [0.25, 0.3) is 0 Å². The molecule has 0 bridgehead atoms. The molecule has 0 aromatic rings. The molecule has 0 aliphatic carbocycles. The van der Waals surface area contributed by atoms with Crippen molar-refractivity contribution in [1.29, 1.82) is 5.26 Å². The minimum Gasteiger partial charge on any atom is -0.353 e. The van der Waals surface area contributed by atoms with E-state index in [1.165, 1.54) is 0 Å². The van der Waals surface area contributed by atoms with Crippen LogP contribution in [0.3, 0.4) is 0 Å². The third-order valence-electron chi connectivity index (χ3n) is 1.76. The topological polar surface area (TPSA) is 90.3 Å². The van der Waals surface area contributed by atoms with E-state index in [9.17, 15) is 13.2 Å². The Hall–Kier alpha value is -1.13. The molecule has 6 nitrogen and oxygen atoms in total. The first-order valence-electron chi connectivity index (χ1n) is 4.97. The van der Waals surface area contributed by atoms with Crippen molar-refractivity contribution in [3.8, 4) is 6.07 Å². The number of nitriles is 1. The molecule has 0 fully saturated rings. The molecule has 1 amide bonds. The van der Waals surface area contributed by atoms with Crippen LogP contribution in [0.2, 0.25) is 0 Å². The van der Waals surface area contributed by atoms with E-state index in [1.807, 2.05) is 0 Å². The van der Waals surface area contributed by atoms with Gasteiger partial charge in [-0.2, -0.15) is 9.57 Å². The van der Waals surface area contributed by atoms with Crippen molar-refractivity contribution in [1.82, 2.24) is 9.62 Å². The molecule has 0 aromatic carbocycles. The molecule has 0 heterocycles. The molecule has 7 heteroatoms. The van der Waals surface area contributed by atoms with Crippen LogP contribution < -0.4 is 5.32 Å². The molecule has 0 aliphatic rings. The van der Waals surface area contributed by atoms with Gasteiger partial charge in [0.15, 0.2) is 5.75 Å². The SMILES string of the molecule is CCN(CC(=O)NC(C)C)S(=O)(=O)CC#N. The maximum absolute atomic E-state index is 11.5. The van der Waals surface area contributed by atoms with Crippen LogP contribution in [-0.4, -0.2) is 43.5 Å². The molecule has 0 rings (SSSR count). The van der Waals surface area contributed by atoms with Crippen molar-refractivity contribution < 1.29 is 13.2 Å². The number of sulfonamides is 1. The fourth-order valence-corrected chi connectivity index (χ4v) is 2.16. The summed E-state index contributed by atoms with van der Waals surface area (Å²) in [5, 5.41) is 11.0. The molecule has 16 heavy (non-hydrogen) atoms. The Morgan fingerprint density at radius 2 is 2.06 bits per heavy atom. The first kappa shape index (κ1) is 14.9. The van der Waals surface area contributed by atoms with Crippen LogP contribution in [0.1, 0.15) is 20.8 Å². The molecule has 0 saturated heterocycles. The van der Waals surface area contributed by atoms with Gasteiger partial charge in [-0.1, -0.05) is 6.92 Å². The van der Waals surface area contributed by atoms with Gasteiger partial charge in [-0.25, -0.2) is 8.42 Å². The van der Waals surface area contributed by atoms with Gasteiger partial charge in [0.05, 0.1) is 12.6 Å². The smallest absolute Gasteiger partial charge is 0.235 e. The Morgan fingerprint density at radius 3 is 2.44 bits per heavy atom. The highest BCUT2D eigenvalue weighted by Crippen LogP contribution is 2.00. The summed E-state index contributed by atoms with van der Waals surface area (Å²) in [6, 6.07) is 1.54. The summed E-state index contributed by atoms with van der Waals surface area (Å²) in [7, 11) is -3.64. The lowest BCUT2D eigenvalue weighted by atomic mass is 10.4. The summed E-state index contributed by atoms with van der Waals surface area (Å²) >= 11 is 0. The standard InChI is InChI=1S/C9H17N3O3S/c1-4-12(16(14,15)6-5-10)7-9(13)11-8(2)3/h8H,4,6-7H2,1-3H3,(H,11,13). The first-order valence-corrected chi connectivity index (χ1v) is 6.58. The highest BCUT2D eigenvalue weighted by atomic mass is 32.2. The number of nitrogens with zero attached hydrogens (tertiary/aromatic N) is 2. The summed E-state index contributed by atoms with van der Waals surface area (Å²) < 4.78 is 24.0. The summed E-state index contributed by atoms with van der Waals surface area (Å²) in [5.41, 5.74) is 0. The van der Waals surface area contributed by atoms with E-state index in [0.29, 0.717) is 0 Å². The molecule has 92 valence electrons. The molecule has 0 spiro atoms. The first-order chi connectivity index (χ1) is 7.33. The number of amides is 1. The minimum atomic E-state index is -3.64. The van der Waals surface area contributed by atoms with Crippen LogP contribution in [-0.2, 0) is 14.8 Å². The molecule has 0 aromatic heterocycles. The fraction of sp³-hybridized carbons (Fsp3) is 0.778. The van der Waals surface area contributed by atoms with E-state index >= 15 is 0 Å². The van der Waals surface area contributed by atoms with Crippen LogP contribution in [0.4, 0.5) is 0 Å². The van der Waals surface area contributed by atoms with Gasteiger partial charge >= 0.3 is 0 Å². The quantitative estimate of drug-likeness (QED) is 0.697. The zero-order valence-corrected chi connectivity index (χ0v) is 10.5. The summed E-state index contributed by atoms with van der Waals surface area (Å²) in [6.45, 7) is 5.14. The molecule has 0 radical (unpaired) electrons. The van der Waals surface area contributed by atoms with Crippen LogP contribution >= 0.6 is 0 Å². The summed E-state index contributed by atoms with van der Waals surface area (Å²) in [6.07, 6.45) is 0. The monoisotopic (exact) mass is 247 g/mol. The summed E-state index contributed by atoms with van der Waals surface area (Å²) in [4.78, 5) is 11.4. The number of nitrogens with one attached hydrogen (secondary N) is 1. The molecule has 0 unspecified atom stereocenters. The van der Waals surface area contributed by atoms with Gasteiger partial charge in [0, 0.05) is 12.6 Å². The van der Waals surface area contributed by atoms with Crippen molar-refractivity contribution >= 4 is 15.9 Å². The third-order valence-corrected chi connectivity index (χ3v) is 3.43. The second-order valence-corrected chi connectivity index (χ2v) is 5.53.